The Morgan fingerprint density at radius 3 is 2.56 bits per heavy atom. The van der Waals surface area contributed by atoms with Crippen LogP contribution in [-0.4, -0.2) is 32.7 Å². The van der Waals surface area contributed by atoms with E-state index in [-0.39, 0.29) is 10.9 Å². The Kier molecular flexibility index (Phi) is 6.63. The summed E-state index contributed by atoms with van der Waals surface area (Å²) in [6.45, 7) is -0.491. The van der Waals surface area contributed by atoms with E-state index >= 15 is 0 Å². The Balaban J connectivity index is 1.48. The number of thioether (sulfide) groups is 1. The molecular weight excluding hydrogens is 487 g/mol. The molecule has 3 aromatic rings. The fourth-order valence-electron chi connectivity index (χ4n) is 3.35. The van der Waals surface area contributed by atoms with Crippen LogP contribution in [0.2, 0.25) is 0 Å². The molecule has 0 bridgehead atoms. The zero-order valence-corrected chi connectivity index (χ0v) is 19.0. The summed E-state index contributed by atoms with van der Waals surface area (Å²) in [7, 11) is 0. The predicted octanol–water partition coefficient (Wildman–Crippen LogP) is 5.72. The van der Waals surface area contributed by atoms with Crippen molar-refractivity contribution < 1.29 is 32.6 Å². The zero-order valence-electron chi connectivity index (χ0n) is 17.3. The molecule has 1 aliphatic rings. The summed E-state index contributed by atoms with van der Waals surface area (Å²) in [4.78, 5) is 24.7. The number of nitrogens with zero attached hydrogens (tertiary/aromatic N) is 1. The van der Waals surface area contributed by atoms with Crippen LogP contribution >= 0.6 is 24.0 Å². The normalized spacial score (nSPS) is 15.4. The first-order chi connectivity index (χ1) is 16.1. The van der Waals surface area contributed by atoms with Crippen LogP contribution < -0.4 is 4.74 Å². The molecule has 1 heterocycles. The predicted molar refractivity (Wildman–Crippen MR) is 127 cm³/mol. The summed E-state index contributed by atoms with van der Waals surface area (Å²) in [5.41, 5.74) is 0.422. The van der Waals surface area contributed by atoms with Gasteiger partial charge in [0.15, 0.2) is 0 Å². The molecule has 1 amide bonds. The highest BCUT2D eigenvalue weighted by molar-refractivity contribution is 8.26. The van der Waals surface area contributed by atoms with Gasteiger partial charge in [-0.2, -0.15) is 13.2 Å². The van der Waals surface area contributed by atoms with E-state index in [0.29, 0.717) is 16.2 Å². The van der Waals surface area contributed by atoms with E-state index in [1.807, 2.05) is 18.2 Å². The molecule has 4 rings (SSSR count). The van der Waals surface area contributed by atoms with Crippen molar-refractivity contribution in [1.82, 2.24) is 4.90 Å². The second-order valence-electron chi connectivity index (χ2n) is 7.42. The van der Waals surface area contributed by atoms with Crippen LogP contribution in [0.5, 0.6) is 5.75 Å². The number of aliphatic carboxylic acids is 1. The van der Waals surface area contributed by atoms with Gasteiger partial charge in [-0.25, -0.2) is 0 Å². The van der Waals surface area contributed by atoms with E-state index in [0.717, 1.165) is 45.1 Å². The van der Waals surface area contributed by atoms with Crippen molar-refractivity contribution >= 4 is 57.0 Å². The molecule has 174 valence electrons. The van der Waals surface area contributed by atoms with Crippen molar-refractivity contribution in [3.05, 3.63) is 82.3 Å². The van der Waals surface area contributed by atoms with E-state index in [4.69, 9.17) is 22.1 Å². The molecule has 10 heteroatoms. The van der Waals surface area contributed by atoms with Crippen molar-refractivity contribution in [3.63, 3.8) is 0 Å². The van der Waals surface area contributed by atoms with Crippen molar-refractivity contribution in [2.45, 2.75) is 12.8 Å². The molecule has 0 radical (unpaired) electrons. The first-order valence-electron chi connectivity index (χ1n) is 9.90. The van der Waals surface area contributed by atoms with Crippen molar-refractivity contribution in [2.24, 2.45) is 0 Å². The summed E-state index contributed by atoms with van der Waals surface area (Å²) < 4.78 is 44.5. The topological polar surface area (TPSA) is 66.8 Å². The number of carboxylic acids is 1. The number of fused-ring (bicyclic) bond motifs is 1. The third-order valence-electron chi connectivity index (χ3n) is 4.96. The molecule has 0 spiro atoms. The molecule has 1 N–H and O–H groups in total. The van der Waals surface area contributed by atoms with Crippen molar-refractivity contribution in [2.75, 3.05) is 6.54 Å². The average Bonchev–Trinajstić information content (AvgIpc) is 3.04. The van der Waals surface area contributed by atoms with Gasteiger partial charge >= 0.3 is 12.1 Å². The number of carbonyl (C=O) groups is 2. The van der Waals surface area contributed by atoms with Gasteiger partial charge in [-0.3, -0.25) is 14.5 Å². The van der Waals surface area contributed by atoms with E-state index < -0.39 is 30.2 Å². The molecule has 0 aromatic heterocycles. The SMILES string of the molecule is O=C(O)CN1C(=O)/C(=C/c2ccc3cc(OCc4cccc(C(F)(F)F)c4)ccc3c2)SC1=S. The minimum Gasteiger partial charge on any atom is -0.489 e. The minimum atomic E-state index is -4.41. The maximum absolute atomic E-state index is 12.9. The lowest BCUT2D eigenvalue weighted by Gasteiger charge is -2.11. The lowest BCUT2D eigenvalue weighted by atomic mass is 10.1. The van der Waals surface area contributed by atoms with Crippen LogP contribution in [-0.2, 0) is 22.4 Å². The summed E-state index contributed by atoms with van der Waals surface area (Å²) >= 11 is 6.15. The van der Waals surface area contributed by atoms with Gasteiger partial charge in [0.25, 0.3) is 5.91 Å². The molecule has 0 unspecified atom stereocenters. The first-order valence-corrected chi connectivity index (χ1v) is 11.1. The van der Waals surface area contributed by atoms with Gasteiger partial charge in [0.2, 0.25) is 0 Å². The molecule has 0 saturated carbocycles. The zero-order chi connectivity index (χ0) is 24.5. The number of benzene rings is 3. The number of halogens is 3. The Morgan fingerprint density at radius 2 is 1.82 bits per heavy atom. The lowest BCUT2D eigenvalue weighted by Crippen LogP contribution is -2.33. The molecule has 1 saturated heterocycles. The molecule has 0 aliphatic carbocycles. The van der Waals surface area contributed by atoms with Gasteiger partial charge in [0.05, 0.1) is 10.5 Å². The largest absolute Gasteiger partial charge is 0.489 e. The smallest absolute Gasteiger partial charge is 0.416 e. The number of hydrogen-bond acceptors (Lipinski definition) is 5. The summed E-state index contributed by atoms with van der Waals surface area (Å²) in [6.07, 6.45) is -2.76. The molecule has 3 aromatic carbocycles. The number of carbonyl (C=O) groups excluding carboxylic acids is 1. The fraction of sp³-hybridized carbons (Fsp3) is 0.125. The number of alkyl halides is 3. The molecule has 5 nitrogen and oxygen atoms in total. The fourth-order valence-corrected chi connectivity index (χ4v) is 4.60. The van der Waals surface area contributed by atoms with Crippen molar-refractivity contribution in [3.8, 4) is 5.75 Å². The molecular formula is C24H16F3NO4S2. The van der Waals surface area contributed by atoms with Gasteiger partial charge < -0.3 is 9.84 Å². The van der Waals surface area contributed by atoms with E-state index in [1.54, 1.807) is 30.3 Å². The highest BCUT2D eigenvalue weighted by Gasteiger charge is 2.33. The quantitative estimate of drug-likeness (QED) is 0.343. The maximum atomic E-state index is 12.9. The Bertz CT molecular complexity index is 1340. The van der Waals surface area contributed by atoms with Crippen LogP contribution in [0.15, 0.2) is 65.6 Å². The standard InChI is InChI=1S/C24H16F3NO4S2/c25-24(26,27)18-3-1-2-15(9-18)13-32-19-7-6-16-8-14(4-5-17(16)11-19)10-20-22(31)28(12-21(29)30)23(33)34-20/h1-11H,12-13H2,(H,29,30)/b20-10-. The Hall–Kier alpha value is -3.37. The molecule has 34 heavy (non-hydrogen) atoms. The highest BCUT2D eigenvalue weighted by atomic mass is 32.2. The van der Waals surface area contributed by atoms with Gasteiger partial charge in [-0.15, -0.1) is 0 Å². The number of thiocarbonyl (C=S) groups is 1. The maximum Gasteiger partial charge on any atom is 0.416 e. The van der Waals surface area contributed by atoms with Crippen LogP contribution in [0.3, 0.4) is 0 Å². The second-order valence-corrected chi connectivity index (χ2v) is 9.09. The highest BCUT2D eigenvalue weighted by Crippen LogP contribution is 2.33. The van der Waals surface area contributed by atoms with Gasteiger partial charge in [-0.1, -0.05) is 54.3 Å². The van der Waals surface area contributed by atoms with Crippen LogP contribution in [0.4, 0.5) is 13.2 Å². The third kappa shape index (κ3) is 5.40. The number of amides is 1. The van der Waals surface area contributed by atoms with Gasteiger partial charge in [0, 0.05) is 0 Å². The second kappa shape index (κ2) is 9.47. The Labute approximate surface area is 201 Å². The van der Waals surface area contributed by atoms with Crippen LogP contribution in [0.25, 0.3) is 16.8 Å². The number of rotatable bonds is 6. The summed E-state index contributed by atoms with van der Waals surface area (Å²) in [6, 6.07) is 15.8. The number of ether oxygens (including phenoxy) is 1. The van der Waals surface area contributed by atoms with E-state index in [2.05, 4.69) is 0 Å². The molecule has 0 atom stereocenters. The summed E-state index contributed by atoms with van der Waals surface area (Å²) in [5.74, 6) is -1.09. The number of carboxylic acid groups (broad SMARTS) is 1. The van der Waals surface area contributed by atoms with Crippen LogP contribution in [0.1, 0.15) is 16.7 Å². The lowest BCUT2D eigenvalue weighted by molar-refractivity contribution is -0.140. The monoisotopic (exact) mass is 503 g/mol. The van der Waals surface area contributed by atoms with E-state index in [1.165, 1.54) is 6.07 Å². The number of hydrogen-bond donors (Lipinski definition) is 1. The van der Waals surface area contributed by atoms with Gasteiger partial charge in [0.1, 0.15) is 23.2 Å². The molecule has 1 fully saturated rings. The molecule has 1 aliphatic heterocycles. The van der Waals surface area contributed by atoms with E-state index in [9.17, 15) is 22.8 Å². The van der Waals surface area contributed by atoms with Crippen LogP contribution in [0, 0.1) is 0 Å². The van der Waals surface area contributed by atoms with Gasteiger partial charge in [-0.05, 0) is 58.3 Å². The summed E-state index contributed by atoms with van der Waals surface area (Å²) in [5, 5.41) is 10.6. The first kappa shape index (κ1) is 23.8. The minimum absolute atomic E-state index is 0.00824. The average molecular weight is 504 g/mol. The van der Waals surface area contributed by atoms with Crippen molar-refractivity contribution in [1.29, 1.82) is 0 Å². The third-order valence-corrected chi connectivity index (χ3v) is 6.34. The Morgan fingerprint density at radius 1 is 1.09 bits per heavy atom.